The third kappa shape index (κ3) is 5.55. The van der Waals surface area contributed by atoms with Gasteiger partial charge in [0.2, 0.25) is 17.6 Å². The molecule has 0 bridgehead atoms. The molecule has 3 fully saturated rings. The van der Waals surface area contributed by atoms with Crippen LogP contribution in [-0.4, -0.2) is 69.0 Å². The monoisotopic (exact) mass is 599 g/mol. The maximum Gasteiger partial charge on any atom is 0.446 e. The Morgan fingerprint density at radius 1 is 1.32 bits per heavy atom. The zero-order valence-electron chi connectivity index (χ0n) is 21.8. The Morgan fingerprint density at radius 3 is 2.75 bits per heavy atom. The molecule has 8 nitrogen and oxygen atoms in total. The quantitative estimate of drug-likeness (QED) is 0.242. The molecule has 1 amide bonds. The molecule has 2 aromatic heterocycles. The third-order valence-electron chi connectivity index (χ3n) is 7.64. The van der Waals surface area contributed by atoms with E-state index in [1.807, 2.05) is 4.90 Å². The Hall–Kier alpha value is -2.42. The first-order chi connectivity index (χ1) is 18.8. The van der Waals surface area contributed by atoms with E-state index in [4.69, 9.17) is 4.52 Å². The smallest absolute Gasteiger partial charge is 0.389 e. The van der Waals surface area contributed by atoms with Crippen LogP contribution in [0.2, 0.25) is 0 Å². The molecule has 1 aliphatic carbocycles. The molecule has 3 aliphatic rings. The number of amides is 1. The lowest BCUT2D eigenvalue weighted by atomic mass is 10.00. The van der Waals surface area contributed by atoms with Gasteiger partial charge < -0.3 is 20.3 Å². The summed E-state index contributed by atoms with van der Waals surface area (Å²) in [4.78, 5) is 18.7. The van der Waals surface area contributed by atoms with E-state index in [1.165, 1.54) is 0 Å². The predicted molar refractivity (Wildman–Crippen MR) is 144 cm³/mol. The Balaban J connectivity index is 1.29. The van der Waals surface area contributed by atoms with Crippen LogP contribution in [0.4, 0.5) is 23.2 Å². The van der Waals surface area contributed by atoms with E-state index < -0.39 is 29.4 Å². The number of thiophene rings is 1. The average molecular weight is 600 g/mol. The topological polar surface area (TPSA) is 104 Å². The summed E-state index contributed by atoms with van der Waals surface area (Å²) < 4.78 is 62.1. The number of carbonyl (C=O) groups excluding carboxylic acids is 1. The van der Waals surface area contributed by atoms with Gasteiger partial charge in [0, 0.05) is 29.9 Å². The molecule has 6 rings (SSSR count). The second-order valence-electron chi connectivity index (χ2n) is 11.6. The van der Waals surface area contributed by atoms with Crippen LogP contribution in [0.1, 0.15) is 51.5 Å². The van der Waals surface area contributed by atoms with E-state index in [0.29, 0.717) is 41.7 Å². The molecule has 2 aliphatic heterocycles. The van der Waals surface area contributed by atoms with E-state index in [1.54, 1.807) is 32.0 Å². The molecular weight excluding hydrogens is 570 g/mol. The molecule has 2 saturated heterocycles. The molecule has 3 atom stereocenters. The van der Waals surface area contributed by atoms with Crippen LogP contribution in [0.25, 0.3) is 20.8 Å². The van der Waals surface area contributed by atoms with E-state index in [9.17, 15) is 23.1 Å². The number of thioether (sulfide) groups is 1. The van der Waals surface area contributed by atoms with Crippen molar-refractivity contribution in [3.63, 3.8) is 0 Å². The van der Waals surface area contributed by atoms with Gasteiger partial charge in [-0.1, -0.05) is 17.3 Å². The maximum atomic E-state index is 15.2. The first-order valence-corrected chi connectivity index (χ1v) is 14.8. The van der Waals surface area contributed by atoms with Crippen LogP contribution in [0, 0.1) is 5.41 Å². The largest absolute Gasteiger partial charge is 0.446 e. The minimum atomic E-state index is -4.56. The number of aromatic nitrogens is 2. The molecular formula is C26H29F4N5O3S2. The van der Waals surface area contributed by atoms with Crippen molar-refractivity contribution in [1.29, 1.82) is 0 Å². The lowest BCUT2D eigenvalue weighted by molar-refractivity contribution is -0.123. The Labute approximate surface area is 235 Å². The van der Waals surface area contributed by atoms with Gasteiger partial charge in [0.15, 0.2) is 0 Å². The summed E-state index contributed by atoms with van der Waals surface area (Å²) in [7, 11) is 0. The molecule has 14 heteroatoms. The second-order valence-corrected chi connectivity index (χ2v) is 13.7. The summed E-state index contributed by atoms with van der Waals surface area (Å²) in [6.07, 6.45) is 1.36. The number of rotatable bonds is 7. The van der Waals surface area contributed by atoms with Gasteiger partial charge in [0.25, 0.3) is 0 Å². The zero-order valence-corrected chi connectivity index (χ0v) is 23.5. The summed E-state index contributed by atoms with van der Waals surface area (Å²) in [6, 6.07) is 3.97. The second kappa shape index (κ2) is 9.85. The number of aliphatic hydroxyl groups is 1. The van der Waals surface area contributed by atoms with Crippen molar-refractivity contribution in [2.24, 2.45) is 5.41 Å². The number of piperidine rings is 1. The Kier molecular flexibility index (Phi) is 6.83. The Morgan fingerprint density at radius 2 is 2.10 bits per heavy atom. The number of β-amino-alcohol motifs (C(OH)–C–C–N with tert-alkyl or cyclic N) is 1. The van der Waals surface area contributed by atoms with Crippen LogP contribution in [-0.2, 0) is 4.79 Å². The molecule has 216 valence electrons. The van der Waals surface area contributed by atoms with Crippen LogP contribution < -0.4 is 10.6 Å². The lowest BCUT2D eigenvalue weighted by Gasteiger charge is -2.38. The number of nitrogens with one attached hydrogen (secondary N) is 2. The minimum absolute atomic E-state index is 0.0168. The van der Waals surface area contributed by atoms with Crippen LogP contribution in [0.3, 0.4) is 0 Å². The first kappa shape index (κ1) is 27.7. The summed E-state index contributed by atoms with van der Waals surface area (Å²) in [6.45, 7) is 4.42. The fraction of sp³-hybridized carbons (Fsp3) is 0.577. The number of anilines is 1. The number of hydrogen-bond acceptors (Lipinski definition) is 9. The summed E-state index contributed by atoms with van der Waals surface area (Å²) in [5.74, 6) is 0.132. The fourth-order valence-electron chi connectivity index (χ4n) is 5.64. The summed E-state index contributed by atoms with van der Waals surface area (Å²) in [5, 5.41) is 20.5. The SMILES string of the molecule is CC(C)(O)CN1CC[C@@H](Nc2cccc3c(SC(F)(F)F)c(-c4noc([C@H]5CC6(CC6)C(=O)N5)n4)sc23)[C@@H](F)C1. The zero-order chi connectivity index (χ0) is 28.4. The lowest BCUT2D eigenvalue weighted by Crippen LogP contribution is -2.51. The normalized spacial score (nSPS) is 25.1. The van der Waals surface area contributed by atoms with Gasteiger partial charge in [0.05, 0.1) is 32.3 Å². The number of carbonyl (C=O) groups is 1. The average Bonchev–Trinajstić information content (AvgIpc) is 3.16. The van der Waals surface area contributed by atoms with Crippen LogP contribution in [0.15, 0.2) is 27.6 Å². The van der Waals surface area contributed by atoms with Crippen molar-refractivity contribution in [3.8, 4) is 10.7 Å². The number of alkyl halides is 4. The van der Waals surface area contributed by atoms with Gasteiger partial charge >= 0.3 is 5.51 Å². The third-order valence-corrected chi connectivity index (χ3v) is 9.87. The highest BCUT2D eigenvalue weighted by Crippen LogP contribution is 2.56. The number of benzene rings is 1. The molecule has 1 aromatic carbocycles. The van der Waals surface area contributed by atoms with Gasteiger partial charge in [-0.05, 0) is 57.4 Å². The molecule has 0 unspecified atom stereocenters. The van der Waals surface area contributed by atoms with E-state index in [0.717, 1.165) is 24.2 Å². The van der Waals surface area contributed by atoms with Crippen molar-refractivity contribution >= 4 is 44.8 Å². The minimum Gasteiger partial charge on any atom is -0.389 e. The van der Waals surface area contributed by atoms with Crippen molar-refractivity contribution < 1.29 is 32.0 Å². The highest BCUT2D eigenvalue weighted by atomic mass is 32.2. The number of likely N-dealkylation sites (tertiary alicyclic amines) is 1. The molecule has 3 N–H and O–H groups in total. The number of hydrogen-bond donors (Lipinski definition) is 3. The summed E-state index contributed by atoms with van der Waals surface area (Å²) in [5.41, 5.74) is -5.35. The van der Waals surface area contributed by atoms with Gasteiger partial charge in [0.1, 0.15) is 12.2 Å². The number of halogens is 4. The highest BCUT2D eigenvalue weighted by molar-refractivity contribution is 8.00. The molecule has 40 heavy (non-hydrogen) atoms. The molecule has 4 heterocycles. The van der Waals surface area contributed by atoms with Crippen molar-refractivity contribution in [1.82, 2.24) is 20.4 Å². The fourth-order valence-corrected chi connectivity index (χ4v) is 7.75. The van der Waals surface area contributed by atoms with Crippen LogP contribution in [0.5, 0.6) is 0 Å². The van der Waals surface area contributed by atoms with Crippen molar-refractivity contribution in [2.45, 2.75) is 73.8 Å². The maximum absolute atomic E-state index is 15.2. The van der Waals surface area contributed by atoms with Gasteiger partial charge in [-0.2, -0.15) is 18.2 Å². The standard InChI is InChI=1S/C26H29F4N5O3S2/c1-24(2,37)12-35-9-6-15(14(27)11-35)31-16-5-3-4-13-18(16)39-20(19(13)40-26(28,29)30)21-33-22(38-34-21)17-10-25(7-8-25)23(36)32-17/h3-5,14-15,17,31,37H,6-12H2,1-2H3,(H,32,36)/t14-,15+,17+/m0/s1. The molecule has 3 aromatic rings. The van der Waals surface area contributed by atoms with E-state index in [2.05, 4.69) is 20.8 Å². The number of fused-ring (bicyclic) bond motifs is 1. The highest BCUT2D eigenvalue weighted by Gasteiger charge is 2.57. The molecule has 0 radical (unpaired) electrons. The Bertz CT molecular complexity index is 1430. The van der Waals surface area contributed by atoms with Gasteiger partial charge in [-0.3, -0.25) is 9.69 Å². The molecule has 1 saturated carbocycles. The predicted octanol–water partition coefficient (Wildman–Crippen LogP) is 5.50. The van der Waals surface area contributed by atoms with E-state index in [-0.39, 0.29) is 51.1 Å². The molecule has 1 spiro atoms. The van der Waals surface area contributed by atoms with Crippen molar-refractivity contribution in [3.05, 3.63) is 24.1 Å². The van der Waals surface area contributed by atoms with E-state index >= 15 is 4.39 Å². The summed E-state index contributed by atoms with van der Waals surface area (Å²) >= 11 is 0.847. The number of nitrogens with zero attached hydrogens (tertiary/aromatic N) is 3. The van der Waals surface area contributed by atoms with Crippen LogP contribution >= 0.6 is 23.1 Å². The van der Waals surface area contributed by atoms with Gasteiger partial charge in [-0.25, -0.2) is 4.39 Å². The van der Waals surface area contributed by atoms with Gasteiger partial charge in [-0.15, -0.1) is 11.3 Å². The first-order valence-electron chi connectivity index (χ1n) is 13.1. The van der Waals surface area contributed by atoms with Crippen molar-refractivity contribution in [2.75, 3.05) is 25.0 Å².